The van der Waals surface area contributed by atoms with Crippen LogP contribution in [0.1, 0.15) is 43.5 Å². The molecule has 1 aliphatic carbocycles. The third kappa shape index (κ3) is 7.44. The molecule has 3 rings (SSSR count). The molecule has 2 aromatic rings. The van der Waals surface area contributed by atoms with Crippen molar-refractivity contribution >= 4 is 17.5 Å². The van der Waals surface area contributed by atoms with E-state index in [-0.39, 0.29) is 6.61 Å². The second-order valence-corrected chi connectivity index (χ2v) is 8.28. The van der Waals surface area contributed by atoms with Crippen LogP contribution in [-0.2, 0) is 16.1 Å². The molecule has 0 atom stereocenters. The molecule has 1 heterocycles. The molecule has 0 amide bonds. The molecular formula is C27H30F3N3O3. The number of allylic oxidation sites excluding steroid dienone is 6. The Hall–Kier alpha value is -3.62. The highest BCUT2D eigenvalue weighted by Crippen LogP contribution is 2.30. The summed E-state index contributed by atoms with van der Waals surface area (Å²) in [4.78, 5) is 22.7. The molecule has 192 valence electrons. The summed E-state index contributed by atoms with van der Waals surface area (Å²) in [5.74, 6) is 0.687. The summed E-state index contributed by atoms with van der Waals surface area (Å²) in [7, 11) is 0. The van der Waals surface area contributed by atoms with Crippen LogP contribution < -0.4 is 9.64 Å². The van der Waals surface area contributed by atoms with E-state index in [0.717, 1.165) is 29.7 Å². The fourth-order valence-electron chi connectivity index (χ4n) is 3.74. The zero-order valence-corrected chi connectivity index (χ0v) is 20.6. The number of aromatic nitrogens is 2. The van der Waals surface area contributed by atoms with Gasteiger partial charge in [0.25, 0.3) is 0 Å². The van der Waals surface area contributed by atoms with Gasteiger partial charge in [-0.1, -0.05) is 37.3 Å². The summed E-state index contributed by atoms with van der Waals surface area (Å²) in [5, 5.41) is 0. The molecule has 9 heteroatoms. The van der Waals surface area contributed by atoms with Gasteiger partial charge >= 0.3 is 12.1 Å². The molecule has 0 saturated carbocycles. The van der Waals surface area contributed by atoms with Gasteiger partial charge in [-0.25, -0.2) is 14.8 Å². The van der Waals surface area contributed by atoms with Crippen molar-refractivity contribution in [2.75, 3.05) is 24.7 Å². The lowest BCUT2D eigenvalue weighted by atomic mass is 10.1. The maximum absolute atomic E-state index is 13.1. The maximum atomic E-state index is 13.1. The molecule has 1 aliphatic rings. The highest BCUT2D eigenvalue weighted by atomic mass is 19.4. The minimum atomic E-state index is -4.39. The zero-order valence-electron chi connectivity index (χ0n) is 20.6. The predicted molar refractivity (Wildman–Crippen MR) is 133 cm³/mol. The molecule has 0 bridgehead atoms. The van der Waals surface area contributed by atoms with E-state index in [1.54, 1.807) is 19.2 Å². The van der Waals surface area contributed by atoms with Crippen molar-refractivity contribution in [1.29, 1.82) is 0 Å². The molecule has 0 N–H and O–H groups in total. The van der Waals surface area contributed by atoms with E-state index in [1.165, 1.54) is 12.2 Å². The first-order chi connectivity index (χ1) is 17.2. The molecule has 1 aromatic heterocycles. The van der Waals surface area contributed by atoms with E-state index in [1.807, 2.05) is 30.0 Å². The Morgan fingerprint density at radius 3 is 2.67 bits per heavy atom. The lowest BCUT2D eigenvalue weighted by Crippen LogP contribution is -2.26. The Labute approximate surface area is 209 Å². The van der Waals surface area contributed by atoms with Gasteiger partial charge < -0.3 is 14.4 Å². The lowest BCUT2D eigenvalue weighted by molar-refractivity contribution is -0.145. The number of aryl methyl sites for hydroxylation is 1. The van der Waals surface area contributed by atoms with Crippen molar-refractivity contribution in [3.8, 4) is 5.75 Å². The quantitative estimate of drug-likeness (QED) is 0.374. The van der Waals surface area contributed by atoms with Gasteiger partial charge in [-0.3, -0.25) is 0 Å². The highest BCUT2D eigenvalue weighted by Gasteiger charge is 2.31. The van der Waals surface area contributed by atoms with E-state index in [0.29, 0.717) is 49.1 Å². The second-order valence-electron chi connectivity index (χ2n) is 8.28. The number of alkyl halides is 3. The van der Waals surface area contributed by atoms with Crippen LogP contribution in [0.15, 0.2) is 60.3 Å². The Morgan fingerprint density at radius 2 is 1.97 bits per heavy atom. The van der Waals surface area contributed by atoms with Crippen molar-refractivity contribution in [1.82, 2.24) is 9.97 Å². The molecule has 0 saturated heterocycles. The summed E-state index contributed by atoms with van der Waals surface area (Å²) in [6.45, 7) is 7.08. The van der Waals surface area contributed by atoms with Gasteiger partial charge in [0.1, 0.15) is 5.75 Å². The highest BCUT2D eigenvalue weighted by molar-refractivity contribution is 5.71. The van der Waals surface area contributed by atoms with Crippen molar-refractivity contribution in [2.45, 2.75) is 46.3 Å². The van der Waals surface area contributed by atoms with Crippen LogP contribution in [0.2, 0.25) is 0 Å². The van der Waals surface area contributed by atoms with E-state index in [2.05, 4.69) is 16.9 Å². The van der Waals surface area contributed by atoms with E-state index >= 15 is 0 Å². The van der Waals surface area contributed by atoms with E-state index in [9.17, 15) is 18.0 Å². The minimum absolute atomic E-state index is 0.151. The van der Waals surface area contributed by atoms with Crippen LogP contribution in [0, 0.1) is 6.92 Å². The van der Waals surface area contributed by atoms with Crippen molar-refractivity contribution in [2.24, 2.45) is 0 Å². The smallest absolute Gasteiger partial charge is 0.416 e. The van der Waals surface area contributed by atoms with Crippen LogP contribution in [0.4, 0.5) is 19.1 Å². The third-order valence-electron chi connectivity index (χ3n) is 5.44. The zero-order chi connectivity index (χ0) is 26.1. The number of hydrogen-bond donors (Lipinski definition) is 0. The van der Waals surface area contributed by atoms with Gasteiger partial charge in [0.15, 0.2) is 6.61 Å². The monoisotopic (exact) mass is 501 g/mol. The van der Waals surface area contributed by atoms with E-state index in [4.69, 9.17) is 9.47 Å². The minimum Gasteiger partial charge on any atom is -0.482 e. The van der Waals surface area contributed by atoms with Crippen molar-refractivity contribution in [3.63, 3.8) is 0 Å². The number of halogens is 3. The van der Waals surface area contributed by atoms with Gasteiger partial charge in [-0.15, -0.1) is 0 Å². The standard InChI is InChI=1S/C27H30F3N3O3/c1-4-15-33(17-20-9-12-24(19(3)16-20)36-18-25(34)35-5-2)26-31-14-13-23(32-26)21-7-6-8-22(11-10-21)27(28,29)30/h6,8-14,16H,4-5,7,15,17-18H2,1-3H3. The van der Waals surface area contributed by atoms with Gasteiger partial charge in [0.05, 0.1) is 17.9 Å². The largest absolute Gasteiger partial charge is 0.482 e. The van der Waals surface area contributed by atoms with Crippen LogP contribution in [-0.4, -0.2) is 41.9 Å². The van der Waals surface area contributed by atoms with Gasteiger partial charge in [-0.05, 0) is 61.6 Å². The van der Waals surface area contributed by atoms with Crippen LogP contribution in [0.25, 0.3) is 5.57 Å². The van der Waals surface area contributed by atoms with Gasteiger partial charge in [0, 0.05) is 19.3 Å². The molecule has 0 radical (unpaired) electrons. The Balaban J connectivity index is 1.78. The van der Waals surface area contributed by atoms with Gasteiger partial charge in [0.2, 0.25) is 5.95 Å². The fourth-order valence-corrected chi connectivity index (χ4v) is 3.74. The van der Waals surface area contributed by atoms with Crippen molar-refractivity contribution in [3.05, 3.63) is 77.2 Å². The summed E-state index contributed by atoms with van der Waals surface area (Å²) in [6.07, 6.45) is 3.57. The van der Waals surface area contributed by atoms with Crippen LogP contribution >= 0.6 is 0 Å². The van der Waals surface area contributed by atoms with Crippen LogP contribution in [0.3, 0.4) is 0 Å². The average molecular weight is 502 g/mol. The first-order valence-corrected chi connectivity index (χ1v) is 11.8. The third-order valence-corrected chi connectivity index (χ3v) is 5.44. The number of ether oxygens (including phenoxy) is 2. The van der Waals surface area contributed by atoms with Crippen molar-refractivity contribution < 1.29 is 27.4 Å². The SMILES string of the molecule is CCCN(Cc1ccc(OCC(=O)OCC)c(C)c1)c1nccc(C2=CC=C(C(F)(F)F)C=CC2)n1. The average Bonchev–Trinajstić information content (AvgIpc) is 3.10. The molecule has 6 nitrogen and oxygen atoms in total. The lowest BCUT2D eigenvalue weighted by Gasteiger charge is -2.23. The number of rotatable bonds is 10. The van der Waals surface area contributed by atoms with E-state index < -0.39 is 17.7 Å². The van der Waals surface area contributed by atoms with Gasteiger partial charge in [-0.2, -0.15) is 13.2 Å². The molecule has 0 aliphatic heterocycles. The number of anilines is 1. The molecule has 1 aromatic carbocycles. The number of carbonyl (C=O) groups is 1. The normalized spacial score (nSPS) is 13.5. The fraction of sp³-hybridized carbons (Fsp3) is 0.370. The summed E-state index contributed by atoms with van der Waals surface area (Å²) in [5.41, 5.74) is 2.47. The Morgan fingerprint density at radius 1 is 1.17 bits per heavy atom. The number of esters is 1. The number of benzene rings is 1. The summed E-state index contributed by atoms with van der Waals surface area (Å²) < 4.78 is 49.7. The predicted octanol–water partition coefficient (Wildman–Crippen LogP) is 5.98. The summed E-state index contributed by atoms with van der Waals surface area (Å²) >= 11 is 0. The first kappa shape index (κ1) is 27.0. The first-order valence-electron chi connectivity index (χ1n) is 11.8. The Kier molecular flexibility index (Phi) is 9.27. The Bertz CT molecular complexity index is 1160. The van der Waals surface area contributed by atoms with Crippen LogP contribution in [0.5, 0.6) is 5.75 Å². The molecule has 0 fully saturated rings. The number of hydrogen-bond acceptors (Lipinski definition) is 6. The molecule has 0 unspecified atom stereocenters. The molecule has 36 heavy (non-hydrogen) atoms. The maximum Gasteiger partial charge on any atom is 0.416 e. The number of nitrogens with zero attached hydrogens (tertiary/aromatic N) is 3. The molecular weight excluding hydrogens is 471 g/mol. The summed E-state index contributed by atoms with van der Waals surface area (Å²) in [6, 6.07) is 7.43. The molecule has 0 spiro atoms. The second kappa shape index (κ2) is 12.4. The number of carbonyl (C=O) groups excluding carboxylic acids is 1. The topological polar surface area (TPSA) is 64.5 Å².